The van der Waals surface area contributed by atoms with Crippen LogP contribution in [0.2, 0.25) is 0 Å². The topological polar surface area (TPSA) is 64.7 Å². The molecule has 0 aliphatic heterocycles. The first kappa shape index (κ1) is 12.8. The van der Waals surface area contributed by atoms with Crippen LogP contribution in [0.25, 0.3) is 0 Å². The van der Waals surface area contributed by atoms with E-state index in [0.29, 0.717) is 5.75 Å². The van der Waals surface area contributed by atoms with Gasteiger partial charge in [-0.25, -0.2) is 0 Å². The van der Waals surface area contributed by atoms with Crippen LogP contribution in [-0.4, -0.2) is 25.9 Å². The number of ether oxygens (including phenoxy) is 2. The number of nitrogens with two attached hydrogens (primary N) is 1. The molecule has 0 heterocycles. The fraction of sp³-hybridized carbons (Fsp3) is 0.500. The minimum atomic E-state index is -0.444. The number of aliphatic hydroxyl groups excluding tert-OH is 1. The van der Waals surface area contributed by atoms with Crippen molar-refractivity contribution in [2.45, 2.75) is 19.4 Å². The largest absolute Gasteiger partial charge is 0.496 e. The Morgan fingerprint density at radius 2 is 1.81 bits per heavy atom. The first-order chi connectivity index (χ1) is 7.69. The van der Waals surface area contributed by atoms with Crippen LogP contribution in [0.3, 0.4) is 0 Å². The summed E-state index contributed by atoms with van der Waals surface area (Å²) in [6.07, 6.45) is 0.781. The number of rotatable bonds is 5. The van der Waals surface area contributed by atoms with Crippen LogP contribution in [0.1, 0.15) is 24.1 Å². The van der Waals surface area contributed by atoms with Gasteiger partial charge in [0.1, 0.15) is 11.5 Å². The van der Waals surface area contributed by atoms with Crippen molar-refractivity contribution in [2.24, 2.45) is 5.73 Å². The summed E-state index contributed by atoms with van der Waals surface area (Å²) in [4.78, 5) is 0. The maximum Gasteiger partial charge on any atom is 0.124 e. The molecular weight excluding hydrogens is 206 g/mol. The third kappa shape index (κ3) is 2.28. The van der Waals surface area contributed by atoms with Gasteiger partial charge in [0.2, 0.25) is 0 Å². The summed E-state index contributed by atoms with van der Waals surface area (Å²) < 4.78 is 10.5. The molecule has 1 rings (SSSR count). The van der Waals surface area contributed by atoms with Gasteiger partial charge in [-0.15, -0.1) is 0 Å². The number of methoxy groups -OCH3 is 2. The molecule has 0 fully saturated rings. The molecule has 4 heteroatoms. The molecule has 1 aromatic carbocycles. The van der Waals surface area contributed by atoms with Crippen LogP contribution in [0.4, 0.5) is 0 Å². The van der Waals surface area contributed by atoms with Crippen molar-refractivity contribution >= 4 is 0 Å². The molecular formula is C12H19NO3. The maximum atomic E-state index is 9.17. The Labute approximate surface area is 96.0 Å². The Bertz CT molecular complexity index is 352. The van der Waals surface area contributed by atoms with E-state index in [0.717, 1.165) is 23.3 Å². The monoisotopic (exact) mass is 225 g/mol. The smallest absolute Gasteiger partial charge is 0.124 e. The molecule has 1 unspecified atom stereocenters. The molecule has 16 heavy (non-hydrogen) atoms. The SMILES string of the molecule is CCc1c(OC)ccc(OC)c1C(N)CO. The summed E-state index contributed by atoms with van der Waals surface area (Å²) in [5, 5.41) is 9.17. The minimum Gasteiger partial charge on any atom is -0.496 e. The zero-order valence-corrected chi connectivity index (χ0v) is 9.99. The minimum absolute atomic E-state index is 0.115. The van der Waals surface area contributed by atoms with Gasteiger partial charge in [0.25, 0.3) is 0 Å². The number of hydrogen-bond acceptors (Lipinski definition) is 4. The van der Waals surface area contributed by atoms with Crippen LogP contribution in [0, 0.1) is 0 Å². The second-order valence-corrected chi connectivity index (χ2v) is 3.50. The predicted molar refractivity (Wildman–Crippen MR) is 62.9 cm³/mol. The molecule has 0 spiro atoms. The molecule has 90 valence electrons. The fourth-order valence-corrected chi connectivity index (χ4v) is 1.85. The van der Waals surface area contributed by atoms with Crippen molar-refractivity contribution in [3.8, 4) is 11.5 Å². The highest BCUT2D eigenvalue weighted by atomic mass is 16.5. The van der Waals surface area contributed by atoms with Gasteiger partial charge in [-0.3, -0.25) is 0 Å². The molecule has 3 N–H and O–H groups in total. The molecule has 0 saturated heterocycles. The second-order valence-electron chi connectivity index (χ2n) is 3.50. The van der Waals surface area contributed by atoms with Crippen LogP contribution in [-0.2, 0) is 6.42 Å². The number of hydrogen-bond donors (Lipinski definition) is 2. The predicted octanol–water partition coefficient (Wildman–Crippen LogP) is 1.26. The lowest BCUT2D eigenvalue weighted by Crippen LogP contribution is -2.18. The van der Waals surface area contributed by atoms with Crippen molar-refractivity contribution in [1.82, 2.24) is 0 Å². The van der Waals surface area contributed by atoms with E-state index in [-0.39, 0.29) is 6.61 Å². The molecule has 4 nitrogen and oxygen atoms in total. The Hall–Kier alpha value is -1.26. The molecule has 1 aromatic rings. The van der Waals surface area contributed by atoms with Crippen molar-refractivity contribution in [3.63, 3.8) is 0 Å². The quantitative estimate of drug-likeness (QED) is 0.791. The second kappa shape index (κ2) is 5.72. The third-order valence-corrected chi connectivity index (χ3v) is 2.63. The van der Waals surface area contributed by atoms with Crippen molar-refractivity contribution in [1.29, 1.82) is 0 Å². The Kier molecular flexibility index (Phi) is 4.58. The van der Waals surface area contributed by atoms with Gasteiger partial charge in [-0.05, 0) is 18.6 Å². The van der Waals surface area contributed by atoms with Gasteiger partial charge >= 0.3 is 0 Å². The summed E-state index contributed by atoms with van der Waals surface area (Å²) in [5.41, 5.74) is 7.70. The summed E-state index contributed by atoms with van der Waals surface area (Å²) in [5.74, 6) is 1.47. The zero-order chi connectivity index (χ0) is 12.1. The van der Waals surface area contributed by atoms with Crippen LogP contribution in [0.5, 0.6) is 11.5 Å². The maximum absolute atomic E-state index is 9.17. The van der Waals surface area contributed by atoms with E-state index in [1.54, 1.807) is 14.2 Å². The highest BCUT2D eigenvalue weighted by Gasteiger charge is 2.18. The summed E-state index contributed by atoms with van der Waals surface area (Å²) >= 11 is 0. The normalized spacial score (nSPS) is 12.3. The molecule has 0 aliphatic rings. The standard InChI is InChI=1S/C12H19NO3/c1-4-8-10(15-2)5-6-11(16-3)12(8)9(13)7-14/h5-6,9,14H,4,7,13H2,1-3H3. The Morgan fingerprint density at radius 3 is 2.25 bits per heavy atom. The van der Waals surface area contributed by atoms with E-state index in [9.17, 15) is 5.11 Å². The van der Waals surface area contributed by atoms with E-state index in [4.69, 9.17) is 15.2 Å². The number of benzene rings is 1. The van der Waals surface area contributed by atoms with Gasteiger partial charge in [0, 0.05) is 11.1 Å². The average molecular weight is 225 g/mol. The highest BCUT2D eigenvalue weighted by molar-refractivity contribution is 5.50. The van der Waals surface area contributed by atoms with Gasteiger partial charge in [-0.2, -0.15) is 0 Å². The Balaban J connectivity index is 3.36. The summed E-state index contributed by atoms with van der Waals surface area (Å²) in [7, 11) is 3.21. The average Bonchev–Trinajstić information content (AvgIpc) is 2.35. The number of aliphatic hydroxyl groups is 1. The molecule has 0 saturated carbocycles. The van der Waals surface area contributed by atoms with Crippen molar-refractivity contribution < 1.29 is 14.6 Å². The fourth-order valence-electron chi connectivity index (χ4n) is 1.85. The molecule has 0 amide bonds. The molecule has 0 aliphatic carbocycles. The van der Waals surface area contributed by atoms with Crippen LogP contribution < -0.4 is 15.2 Å². The van der Waals surface area contributed by atoms with Gasteiger partial charge in [0.15, 0.2) is 0 Å². The van der Waals surface area contributed by atoms with Gasteiger partial charge in [0.05, 0.1) is 26.9 Å². The van der Waals surface area contributed by atoms with Gasteiger partial charge in [-0.1, -0.05) is 6.92 Å². The third-order valence-electron chi connectivity index (χ3n) is 2.63. The summed E-state index contributed by atoms with van der Waals surface area (Å²) in [6, 6.07) is 3.22. The van der Waals surface area contributed by atoms with E-state index < -0.39 is 6.04 Å². The van der Waals surface area contributed by atoms with E-state index in [2.05, 4.69) is 0 Å². The van der Waals surface area contributed by atoms with Crippen LogP contribution >= 0.6 is 0 Å². The molecule has 0 radical (unpaired) electrons. The molecule has 0 aromatic heterocycles. The zero-order valence-electron chi connectivity index (χ0n) is 9.99. The molecule has 1 atom stereocenters. The first-order valence-electron chi connectivity index (χ1n) is 5.29. The summed E-state index contributed by atoms with van der Waals surface area (Å²) in [6.45, 7) is 1.90. The van der Waals surface area contributed by atoms with Gasteiger partial charge < -0.3 is 20.3 Å². The lowest BCUT2D eigenvalue weighted by Gasteiger charge is -2.19. The van der Waals surface area contributed by atoms with Crippen molar-refractivity contribution in [3.05, 3.63) is 23.3 Å². The van der Waals surface area contributed by atoms with E-state index in [1.165, 1.54) is 0 Å². The lowest BCUT2D eigenvalue weighted by atomic mass is 9.97. The van der Waals surface area contributed by atoms with Crippen molar-refractivity contribution in [2.75, 3.05) is 20.8 Å². The first-order valence-corrected chi connectivity index (χ1v) is 5.29. The van der Waals surface area contributed by atoms with E-state index in [1.807, 2.05) is 19.1 Å². The van der Waals surface area contributed by atoms with Crippen LogP contribution in [0.15, 0.2) is 12.1 Å². The lowest BCUT2D eigenvalue weighted by molar-refractivity contribution is 0.263. The highest BCUT2D eigenvalue weighted by Crippen LogP contribution is 2.34. The molecule has 0 bridgehead atoms. The Morgan fingerprint density at radius 1 is 1.25 bits per heavy atom. The van der Waals surface area contributed by atoms with E-state index >= 15 is 0 Å².